The first-order chi connectivity index (χ1) is 33.0. The summed E-state index contributed by atoms with van der Waals surface area (Å²) in [6, 6.07) is 8.03. The molecule has 0 radical (unpaired) electrons. The van der Waals surface area contributed by atoms with Gasteiger partial charge in [-0.2, -0.15) is 4.98 Å². The van der Waals surface area contributed by atoms with E-state index in [1.54, 1.807) is 35.9 Å². The molecule has 1 unspecified atom stereocenters. The van der Waals surface area contributed by atoms with Gasteiger partial charge in [-0.25, -0.2) is 9.97 Å². The summed E-state index contributed by atoms with van der Waals surface area (Å²) >= 11 is 0. The Morgan fingerprint density at radius 1 is 0.868 bits per heavy atom. The number of ether oxygens (including phenoxy) is 3. The fraction of sp³-hybridized carbons (Fsp3) is 0.490. The number of benzene rings is 1. The molecule has 0 spiro atoms. The number of allylic oxidation sites excluding steroid dienone is 1. The Bertz CT molecular complexity index is 2600. The van der Waals surface area contributed by atoms with Gasteiger partial charge in [-0.15, -0.1) is 0 Å². The highest BCUT2D eigenvalue weighted by atomic mass is 16.5. The molecule has 1 aliphatic carbocycles. The van der Waals surface area contributed by atoms with Crippen LogP contribution in [-0.4, -0.2) is 144 Å². The number of ketones is 2. The lowest BCUT2D eigenvalue weighted by molar-refractivity contribution is -0.125. The van der Waals surface area contributed by atoms with Crippen LogP contribution >= 0.6 is 0 Å². The van der Waals surface area contributed by atoms with Crippen LogP contribution < -0.4 is 26.4 Å². The third-order valence-electron chi connectivity index (χ3n) is 13.0. The van der Waals surface area contributed by atoms with Gasteiger partial charge in [-0.05, 0) is 75.8 Å². The lowest BCUT2D eigenvalue weighted by Gasteiger charge is -2.35. The highest BCUT2D eigenvalue weighted by Crippen LogP contribution is 2.34. The van der Waals surface area contributed by atoms with E-state index in [0.29, 0.717) is 118 Å². The fourth-order valence-corrected chi connectivity index (χ4v) is 9.48. The molecule has 360 valence electrons. The molecule has 2 saturated heterocycles. The maximum absolute atomic E-state index is 13.6. The zero-order valence-corrected chi connectivity index (χ0v) is 38.9. The topological polar surface area (TPSA) is 220 Å². The molecule has 1 aromatic carbocycles. The molecule has 3 aliphatic heterocycles. The minimum atomic E-state index is -0.865. The van der Waals surface area contributed by atoms with Gasteiger partial charge in [0.1, 0.15) is 23.3 Å². The summed E-state index contributed by atoms with van der Waals surface area (Å²) in [6.07, 6.45) is 9.21. The molecule has 3 N–H and O–H groups in total. The van der Waals surface area contributed by atoms with Crippen molar-refractivity contribution in [3.63, 3.8) is 0 Å². The van der Waals surface area contributed by atoms with Crippen molar-refractivity contribution in [1.82, 2.24) is 34.6 Å². The largest absolute Gasteiger partial charge is 0.382 e. The van der Waals surface area contributed by atoms with Gasteiger partial charge < -0.3 is 35.1 Å². The van der Waals surface area contributed by atoms with Gasteiger partial charge in [-0.3, -0.25) is 43.1 Å². The molecule has 0 bridgehead atoms. The Hall–Kier alpha value is -6.41. The van der Waals surface area contributed by atoms with Gasteiger partial charge in [0.05, 0.1) is 68.2 Å². The molecule has 4 aromatic rings. The van der Waals surface area contributed by atoms with E-state index in [1.807, 2.05) is 18.3 Å². The number of aryl methyl sites for hydroxylation is 1. The van der Waals surface area contributed by atoms with Crippen LogP contribution in [0.5, 0.6) is 0 Å². The SMILES string of the molecule is C=C1CCC(N2C(=O)c3cccc(NCCOCCOCCOCCCC(=O)CN4CCN(c5ccc(Nc6ncc7c(C)c(C(C)=O)c(=O)n(C8CCCC8)c7n6)nc5)CC4)c3C2=O)C(=O)N1. The smallest absolute Gasteiger partial charge is 0.264 e. The van der Waals surface area contributed by atoms with Crippen molar-refractivity contribution < 1.29 is 38.2 Å². The number of nitrogens with zero attached hydrogens (tertiary/aromatic N) is 7. The molecule has 68 heavy (non-hydrogen) atoms. The number of fused-ring (bicyclic) bond motifs is 2. The monoisotopic (exact) mass is 932 g/mol. The molecule has 4 aliphatic rings. The molecule has 3 amide bonds. The number of piperidine rings is 1. The van der Waals surface area contributed by atoms with Gasteiger partial charge in [0, 0.05) is 74.8 Å². The van der Waals surface area contributed by atoms with Crippen molar-refractivity contribution in [2.24, 2.45) is 0 Å². The van der Waals surface area contributed by atoms with E-state index >= 15 is 0 Å². The normalized spacial score (nSPS) is 17.8. The maximum atomic E-state index is 13.6. The second-order valence-corrected chi connectivity index (χ2v) is 17.7. The van der Waals surface area contributed by atoms with E-state index in [1.165, 1.54) is 6.92 Å². The predicted octanol–water partition coefficient (Wildman–Crippen LogP) is 4.58. The van der Waals surface area contributed by atoms with Gasteiger partial charge in [0.15, 0.2) is 5.78 Å². The Balaban J connectivity index is 0.668. The number of amides is 3. The molecule has 3 fully saturated rings. The second-order valence-electron chi connectivity index (χ2n) is 17.7. The number of piperazine rings is 1. The van der Waals surface area contributed by atoms with Gasteiger partial charge in [0.2, 0.25) is 11.9 Å². The minimum Gasteiger partial charge on any atom is -0.382 e. The van der Waals surface area contributed by atoms with Crippen molar-refractivity contribution in [2.45, 2.75) is 77.3 Å². The molecule has 1 saturated carbocycles. The van der Waals surface area contributed by atoms with Crippen molar-refractivity contribution in [1.29, 1.82) is 0 Å². The molecule has 8 rings (SSSR count). The average molecular weight is 933 g/mol. The number of hydrogen-bond donors (Lipinski definition) is 3. The zero-order valence-electron chi connectivity index (χ0n) is 38.9. The first-order valence-electron chi connectivity index (χ1n) is 23.6. The second kappa shape index (κ2) is 22.1. The summed E-state index contributed by atoms with van der Waals surface area (Å²) in [4.78, 5) is 97.1. The summed E-state index contributed by atoms with van der Waals surface area (Å²) in [5, 5.41) is 9.71. The Labute approximate surface area is 394 Å². The minimum absolute atomic E-state index is 0.00443. The lowest BCUT2D eigenvalue weighted by atomic mass is 10.0. The Morgan fingerprint density at radius 3 is 2.31 bits per heavy atom. The number of Topliss-reactive ketones (excluding diaryl/α,β-unsaturated/α-hetero) is 2. The van der Waals surface area contributed by atoms with Crippen LogP contribution in [0, 0.1) is 6.92 Å². The summed E-state index contributed by atoms with van der Waals surface area (Å²) in [5.41, 5.74) is 3.64. The van der Waals surface area contributed by atoms with Crippen LogP contribution in [0.2, 0.25) is 0 Å². The predicted molar refractivity (Wildman–Crippen MR) is 255 cm³/mol. The standard InChI is InChI=1S/C49H60N10O9/c1-31-13-15-40(45(62)53-31)59-46(63)37-11-6-12-39(43(37)48(59)65)50-17-23-67-25-27-68-26-24-66-22-7-10-36(61)30-56-18-20-57(21-19-56)35-14-16-41(51-28-35)54-49-52-29-38-32(2)42(33(3)60)47(64)58(44(38)55-49)34-8-4-5-9-34/h6,11-12,14,16,28-29,34,40,50H,1,4-5,7-10,13,15,17-27,30H2,2-3H3,(H,53,62)(H,51,52,54,55). The summed E-state index contributed by atoms with van der Waals surface area (Å²) < 4.78 is 18.6. The maximum Gasteiger partial charge on any atom is 0.264 e. The number of pyridine rings is 2. The first-order valence-corrected chi connectivity index (χ1v) is 23.6. The molecular formula is C49H60N10O9. The van der Waals surface area contributed by atoms with Crippen molar-refractivity contribution in [2.75, 3.05) is 94.4 Å². The summed E-state index contributed by atoms with van der Waals surface area (Å²) in [5.74, 6) is -0.546. The van der Waals surface area contributed by atoms with Crippen molar-refractivity contribution in [3.05, 3.63) is 87.6 Å². The number of rotatable bonds is 22. The van der Waals surface area contributed by atoms with Gasteiger partial charge in [0.25, 0.3) is 17.4 Å². The van der Waals surface area contributed by atoms with E-state index in [0.717, 1.165) is 62.4 Å². The fourth-order valence-electron chi connectivity index (χ4n) is 9.48. The molecule has 3 aromatic heterocycles. The van der Waals surface area contributed by atoms with Crippen LogP contribution in [0.3, 0.4) is 0 Å². The third-order valence-corrected chi connectivity index (χ3v) is 13.0. The van der Waals surface area contributed by atoms with Crippen molar-refractivity contribution in [3.8, 4) is 0 Å². The number of carbonyl (C=O) groups is 5. The molecular weight excluding hydrogens is 873 g/mol. The number of aromatic nitrogens is 4. The van der Waals surface area contributed by atoms with E-state index in [4.69, 9.17) is 19.2 Å². The van der Waals surface area contributed by atoms with Crippen molar-refractivity contribution >= 4 is 63.5 Å². The highest BCUT2D eigenvalue weighted by molar-refractivity contribution is 6.25. The molecule has 6 heterocycles. The highest BCUT2D eigenvalue weighted by Gasteiger charge is 2.45. The number of carbonyl (C=O) groups excluding carboxylic acids is 5. The number of anilines is 4. The van der Waals surface area contributed by atoms with Gasteiger partial charge in [-0.1, -0.05) is 25.5 Å². The van der Waals surface area contributed by atoms with E-state index in [9.17, 15) is 28.8 Å². The van der Waals surface area contributed by atoms with Crippen LogP contribution in [0.25, 0.3) is 11.0 Å². The van der Waals surface area contributed by atoms with Crippen LogP contribution in [0.4, 0.5) is 23.1 Å². The van der Waals surface area contributed by atoms with Crippen LogP contribution in [0.15, 0.2) is 59.8 Å². The number of hydrogen-bond acceptors (Lipinski definition) is 16. The van der Waals surface area contributed by atoms with E-state index < -0.39 is 23.8 Å². The molecule has 1 atom stereocenters. The number of nitrogens with one attached hydrogen (secondary N) is 3. The quantitative estimate of drug-likeness (QED) is 0.0558. The number of imide groups is 1. The third kappa shape index (κ3) is 11.0. The van der Waals surface area contributed by atoms with Crippen LogP contribution in [0.1, 0.15) is 101 Å². The van der Waals surface area contributed by atoms with E-state index in [2.05, 4.69) is 42.3 Å². The Kier molecular flexibility index (Phi) is 15.6. The summed E-state index contributed by atoms with van der Waals surface area (Å²) in [6.45, 7) is 13.2. The lowest BCUT2D eigenvalue weighted by Crippen LogP contribution is -2.51. The first kappa shape index (κ1) is 48.1. The van der Waals surface area contributed by atoms with Gasteiger partial charge >= 0.3 is 0 Å². The summed E-state index contributed by atoms with van der Waals surface area (Å²) in [7, 11) is 0. The average Bonchev–Trinajstić information content (AvgIpc) is 3.94. The molecule has 19 heteroatoms. The molecule has 19 nitrogen and oxygen atoms in total. The van der Waals surface area contributed by atoms with E-state index in [-0.39, 0.29) is 39.9 Å². The Morgan fingerprint density at radius 2 is 1.60 bits per heavy atom. The zero-order chi connectivity index (χ0) is 47.7. The van der Waals surface area contributed by atoms with Crippen LogP contribution in [-0.2, 0) is 23.8 Å².